The molecular weight excluding hydrogens is 222 g/mol. The largest absolute Gasteiger partial charge is 0.328 e. The smallest absolute Gasteiger partial charge is 0.137 e. The Morgan fingerprint density at radius 1 is 1.30 bits per heavy atom. The quantitative estimate of drug-likeness (QED) is 0.462. The zero-order valence-electron chi connectivity index (χ0n) is 7.24. The first-order chi connectivity index (χ1) is 4.38. The van der Waals surface area contributed by atoms with E-state index in [1.54, 1.807) is 0 Å². The fraction of sp³-hybridized carbons (Fsp3) is 1.00. The van der Waals surface area contributed by atoms with E-state index >= 15 is 0 Å². The Kier molecular flexibility index (Phi) is 2.18. The molecule has 0 aliphatic carbocycles. The van der Waals surface area contributed by atoms with Gasteiger partial charge in [0, 0.05) is 0 Å². The summed E-state index contributed by atoms with van der Waals surface area (Å²) in [5.74, 6) is 0. The molecule has 0 amide bonds. The number of hydrogen-bond donors (Lipinski definition) is 0. The Balaban J connectivity index is 2.84. The second-order valence-electron chi connectivity index (χ2n) is 3.93. The summed E-state index contributed by atoms with van der Waals surface area (Å²) < 4.78 is 2.61. The third-order valence-electron chi connectivity index (χ3n) is 3.15. The molecule has 1 rings (SSSR count). The van der Waals surface area contributed by atoms with Gasteiger partial charge in [-0.2, -0.15) is 0 Å². The Morgan fingerprint density at radius 2 is 1.80 bits per heavy atom. The van der Waals surface area contributed by atoms with Crippen molar-refractivity contribution in [2.24, 2.45) is 0 Å². The van der Waals surface area contributed by atoms with Gasteiger partial charge in [-0.05, 0) is 19.6 Å². The minimum Gasteiger partial charge on any atom is -0.328 e. The van der Waals surface area contributed by atoms with Gasteiger partial charge in [0.2, 0.25) is 0 Å². The first kappa shape index (κ1) is 8.97. The first-order valence-electron chi connectivity index (χ1n) is 3.78. The molecule has 1 saturated heterocycles. The van der Waals surface area contributed by atoms with Gasteiger partial charge in [-0.25, -0.2) is 0 Å². The minimum absolute atomic E-state index is 0.954. The molecule has 0 aromatic rings. The Labute approximate surface area is 73.3 Å². The van der Waals surface area contributed by atoms with E-state index in [9.17, 15) is 0 Å². The molecule has 0 bridgehead atoms. The highest BCUT2D eigenvalue weighted by Gasteiger charge is 2.51. The molecule has 60 valence electrons. The van der Waals surface area contributed by atoms with Crippen LogP contribution in [0.2, 0.25) is 25.7 Å². The fourth-order valence-electron chi connectivity index (χ4n) is 1.36. The van der Waals surface area contributed by atoms with Gasteiger partial charge >= 0.3 is 0 Å². The van der Waals surface area contributed by atoms with Crippen LogP contribution >= 0.6 is 15.3 Å². The van der Waals surface area contributed by atoms with Gasteiger partial charge in [-0.15, -0.1) is 15.3 Å². The number of hydrogen-bond acceptors (Lipinski definition) is 1. The summed E-state index contributed by atoms with van der Waals surface area (Å²) in [6.07, 6.45) is -0.954. The van der Waals surface area contributed by atoms with Crippen LogP contribution in [0.3, 0.4) is 0 Å². The summed E-state index contributed by atoms with van der Waals surface area (Å²) in [5.41, 5.74) is 0. The summed E-state index contributed by atoms with van der Waals surface area (Å²) >= 11 is 3.96. The van der Waals surface area contributed by atoms with Crippen LogP contribution in [0.15, 0.2) is 0 Å². The van der Waals surface area contributed by atoms with E-state index in [2.05, 4.69) is 46.5 Å². The highest BCUT2D eigenvalue weighted by Crippen LogP contribution is 2.36. The average Bonchev–Trinajstić information content (AvgIpc) is 1.94. The van der Waals surface area contributed by atoms with Crippen molar-refractivity contribution in [2.75, 3.05) is 13.6 Å². The van der Waals surface area contributed by atoms with Crippen molar-refractivity contribution in [1.29, 1.82) is 0 Å². The van der Waals surface area contributed by atoms with E-state index < -0.39 is 14.0 Å². The van der Waals surface area contributed by atoms with Gasteiger partial charge in [-0.1, -0.05) is 19.6 Å². The van der Waals surface area contributed by atoms with Gasteiger partial charge in [-0.3, -0.25) is 0 Å². The number of rotatable bonds is 0. The molecule has 0 spiro atoms. The molecule has 1 fully saturated rings. The standard InChI is InChI=1S/C6H16BrNSi2/c1-8-5-6-10(4,7)9(8,2)3/h5-6H2,1-4H3. The minimum atomic E-state index is -0.982. The third-order valence-corrected chi connectivity index (χ3v) is 28.5. The molecule has 0 aromatic heterocycles. The maximum absolute atomic E-state index is 3.96. The monoisotopic (exact) mass is 237 g/mol. The lowest BCUT2D eigenvalue weighted by Crippen LogP contribution is -2.56. The van der Waals surface area contributed by atoms with E-state index in [-0.39, 0.29) is 0 Å². The van der Waals surface area contributed by atoms with Crippen molar-refractivity contribution in [2.45, 2.75) is 25.7 Å². The lowest BCUT2D eigenvalue weighted by molar-refractivity contribution is 0.565. The summed E-state index contributed by atoms with van der Waals surface area (Å²) in [5, 5.41) is 0. The van der Waals surface area contributed by atoms with Crippen LogP contribution in [-0.4, -0.2) is 32.1 Å². The van der Waals surface area contributed by atoms with Crippen molar-refractivity contribution in [3.63, 3.8) is 0 Å². The van der Waals surface area contributed by atoms with Crippen molar-refractivity contribution < 1.29 is 0 Å². The van der Waals surface area contributed by atoms with Crippen LogP contribution < -0.4 is 0 Å². The zero-order valence-corrected chi connectivity index (χ0v) is 10.8. The predicted molar refractivity (Wildman–Crippen MR) is 55.5 cm³/mol. The average molecular weight is 238 g/mol. The SMILES string of the molecule is CN1CC[Si](C)(Br)[Si]1(C)C. The van der Waals surface area contributed by atoms with Crippen LogP contribution in [0.4, 0.5) is 0 Å². The molecule has 1 unspecified atom stereocenters. The third kappa shape index (κ3) is 1.15. The van der Waals surface area contributed by atoms with Crippen LogP contribution in [-0.2, 0) is 0 Å². The maximum atomic E-state index is 3.96. The van der Waals surface area contributed by atoms with E-state index in [0.29, 0.717) is 0 Å². The van der Waals surface area contributed by atoms with E-state index in [4.69, 9.17) is 0 Å². The highest BCUT2D eigenvalue weighted by molar-refractivity contribution is 9.27. The topological polar surface area (TPSA) is 3.24 Å². The molecule has 1 aliphatic rings. The highest BCUT2D eigenvalue weighted by atomic mass is 79.9. The fourth-order valence-corrected chi connectivity index (χ4v) is 12.6. The van der Waals surface area contributed by atoms with Gasteiger partial charge in [0.25, 0.3) is 0 Å². The lowest BCUT2D eigenvalue weighted by atomic mass is 10.8. The lowest BCUT2D eigenvalue weighted by Gasteiger charge is -2.33. The molecule has 1 nitrogen and oxygen atoms in total. The van der Waals surface area contributed by atoms with Crippen molar-refractivity contribution in [1.82, 2.24) is 4.57 Å². The van der Waals surface area contributed by atoms with Crippen molar-refractivity contribution in [3.05, 3.63) is 0 Å². The second kappa shape index (κ2) is 2.43. The Hall–Kier alpha value is 0.874. The number of nitrogens with zero attached hydrogens (tertiary/aromatic N) is 1. The van der Waals surface area contributed by atoms with Crippen molar-refractivity contribution in [3.8, 4) is 0 Å². The maximum Gasteiger partial charge on any atom is 0.137 e. The molecule has 1 aliphatic heterocycles. The first-order valence-corrected chi connectivity index (χ1v) is 12.7. The Bertz CT molecular complexity index is 147. The van der Waals surface area contributed by atoms with Gasteiger partial charge < -0.3 is 4.57 Å². The molecule has 4 heteroatoms. The summed E-state index contributed by atoms with van der Waals surface area (Å²) in [6, 6.07) is 1.45. The van der Waals surface area contributed by atoms with Gasteiger partial charge in [0.15, 0.2) is 0 Å². The molecular formula is C6H16BrNSi2. The molecule has 0 N–H and O–H groups in total. The normalized spacial score (nSPS) is 40.5. The van der Waals surface area contributed by atoms with Crippen LogP contribution in [0.1, 0.15) is 0 Å². The molecule has 1 heterocycles. The van der Waals surface area contributed by atoms with E-state index in [1.165, 1.54) is 12.6 Å². The molecule has 0 aromatic carbocycles. The van der Waals surface area contributed by atoms with Gasteiger partial charge in [0.05, 0.1) is 0 Å². The van der Waals surface area contributed by atoms with E-state index in [0.717, 1.165) is 0 Å². The molecule has 0 saturated carbocycles. The second-order valence-corrected chi connectivity index (χ2v) is 25.1. The van der Waals surface area contributed by atoms with Crippen LogP contribution in [0.25, 0.3) is 0 Å². The Morgan fingerprint density at radius 3 is 1.90 bits per heavy atom. The van der Waals surface area contributed by atoms with Crippen LogP contribution in [0, 0.1) is 0 Å². The number of halogens is 1. The summed E-state index contributed by atoms with van der Waals surface area (Å²) in [4.78, 5) is 0. The van der Waals surface area contributed by atoms with E-state index in [1.807, 2.05) is 0 Å². The molecule has 0 radical (unpaired) electrons. The van der Waals surface area contributed by atoms with Crippen molar-refractivity contribution >= 4 is 29.3 Å². The summed E-state index contributed by atoms with van der Waals surface area (Å²) in [6.45, 7) is 8.78. The molecule has 1 atom stereocenters. The molecule has 10 heavy (non-hydrogen) atoms. The van der Waals surface area contributed by atoms with Crippen LogP contribution in [0.5, 0.6) is 0 Å². The van der Waals surface area contributed by atoms with Gasteiger partial charge in [0.1, 0.15) is 14.0 Å². The summed E-state index contributed by atoms with van der Waals surface area (Å²) in [7, 11) is 1.30. The predicted octanol–water partition coefficient (Wildman–Crippen LogP) is 2.19. The zero-order chi connectivity index (χ0) is 7.99.